The zero-order valence-corrected chi connectivity index (χ0v) is 9.92. The SMILES string of the molecule is Fc1ccc(C#CCOC2CCCCO2)c(F)c1. The standard InChI is InChI=1S/C14H14F2O2/c15-12-7-6-11(13(16)10-12)4-3-9-18-14-5-1-2-8-17-14/h6-7,10,14H,1-2,5,8-9H2. The molecular weight excluding hydrogens is 238 g/mol. The molecule has 0 radical (unpaired) electrons. The van der Waals surface area contributed by atoms with Gasteiger partial charge in [-0.1, -0.05) is 11.8 Å². The molecule has 2 rings (SSSR count). The molecule has 0 aliphatic carbocycles. The topological polar surface area (TPSA) is 18.5 Å². The first-order valence-electron chi connectivity index (χ1n) is 5.93. The second kappa shape index (κ2) is 6.48. The molecule has 1 aromatic carbocycles. The third-order valence-corrected chi connectivity index (χ3v) is 2.63. The van der Waals surface area contributed by atoms with Crippen molar-refractivity contribution in [2.75, 3.05) is 13.2 Å². The van der Waals surface area contributed by atoms with Crippen LogP contribution in [0.15, 0.2) is 18.2 Å². The zero-order valence-electron chi connectivity index (χ0n) is 9.92. The van der Waals surface area contributed by atoms with Gasteiger partial charge in [0.25, 0.3) is 0 Å². The van der Waals surface area contributed by atoms with Gasteiger partial charge in [-0.3, -0.25) is 0 Å². The highest BCUT2D eigenvalue weighted by atomic mass is 19.1. The molecule has 4 heteroatoms. The lowest BCUT2D eigenvalue weighted by Crippen LogP contribution is -2.22. The summed E-state index contributed by atoms with van der Waals surface area (Å²) in [6.45, 7) is 0.895. The van der Waals surface area contributed by atoms with Crippen LogP contribution in [0, 0.1) is 23.5 Å². The van der Waals surface area contributed by atoms with Crippen LogP contribution in [-0.2, 0) is 9.47 Å². The van der Waals surface area contributed by atoms with E-state index in [0.29, 0.717) is 6.61 Å². The average Bonchev–Trinajstić information content (AvgIpc) is 2.38. The number of hydrogen-bond donors (Lipinski definition) is 0. The highest BCUT2D eigenvalue weighted by Gasteiger charge is 2.12. The Hall–Kier alpha value is -1.44. The van der Waals surface area contributed by atoms with E-state index in [4.69, 9.17) is 9.47 Å². The van der Waals surface area contributed by atoms with E-state index in [1.54, 1.807) is 0 Å². The molecule has 1 saturated heterocycles. The molecule has 1 heterocycles. The van der Waals surface area contributed by atoms with Crippen molar-refractivity contribution in [1.82, 2.24) is 0 Å². The Morgan fingerprint density at radius 2 is 2.22 bits per heavy atom. The van der Waals surface area contributed by atoms with E-state index in [2.05, 4.69) is 11.8 Å². The summed E-state index contributed by atoms with van der Waals surface area (Å²) in [5.74, 6) is 4.04. The van der Waals surface area contributed by atoms with Gasteiger partial charge in [0.1, 0.15) is 18.2 Å². The maximum absolute atomic E-state index is 13.2. The third kappa shape index (κ3) is 3.80. The van der Waals surface area contributed by atoms with Gasteiger partial charge in [0.2, 0.25) is 0 Å². The van der Waals surface area contributed by atoms with Gasteiger partial charge in [0.05, 0.1) is 5.56 Å². The molecule has 1 aliphatic rings. The molecule has 1 fully saturated rings. The fourth-order valence-corrected chi connectivity index (χ4v) is 1.70. The fourth-order valence-electron chi connectivity index (χ4n) is 1.70. The Kier molecular flexibility index (Phi) is 4.68. The van der Waals surface area contributed by atoms with E-state index in [-0.39, 0.29) is 18.5 Å². The first kappa shape index (κ1) is 13.0. The van der Waals surface area contributed by atoms with Crippen molar-refractivity contribution in [2.24, 2.45) is 0 Å². The lowest BCUT2D eigenvalue weighted by atomic mass is 10.2. The van der Waals surface area contributed by atoms with E-state index in [1.165, 1.54) is 12.1 Å². The van der Waals surface area contributed by atoms with Gasteiger partial charge in [-0.25, -0.2) is 8.78 Å². The van der Waals surface area contributed by atoms with Crippen LogP contribution in [0.3, 0.4) is 0 Å². The van der Waals surface area contributed by atoms with Crippen LogP contribution in [0.1, 0.15) is 24.8 Å². The number of halogens is 2. The quantitative estimate of drug-likeness (QED) is 0.753. The van der Waals surface area contributed by atoms with Crippen LogP contribution in [0.25, 0.3) is 0 Å². The minimum atomic E-state index is -0.656. The first-order valence-corrected chi connectivity index (χ1v) is 5.93. The molecule has 0 spiro atoms. The number of rotatable bonds is 2. The molecular formula is C14H14F2O2. The Bertz CT molecular complexity index is 457. The van der Waals surface area contributed by atoms with Gasteiger partial charge < -0.3 is 9.47 Å². The summed E-state index contributed by atoms with van der Waals surface area (Å²) in [6, 6.07) is 3.31. The van der Waals surface area contributed by atoms with Crippen molar-refractivity contribution < 1.29 is 18.3 Å². The van der Waals surface area contributed by atoms with E-state index < -0.39 is 11.6 Å². The van der Waals surface area contributed by atoms with Crippen molar-refractivity contribution in [3.63, 3.8) is 0 Å². The molecule has 1 aromatic rings. The Labute approximate surface area is 105 Å². The zero-order chi connectivity index (χ0) is 12.8. The molecule has 0 N–H and O–H groups in total. The molecule has 0 amide bonds. The Balaban J connectivity index is 1.84. The van der Waals surface area contributed by atoms with Gasteiger partial charge in [0, 0.05) is 12.7 Å². The molecule has 18 heavy (non-hydrogen) atoms. The number of ether oxygens (including phenoxy) is 2. The van der Waals surface area contributed by atoms with Crippen molar-refractivity contribution in [1.29, 1.82) is 0 Å². The van der Waals surface area contributed by atoms with E-state index in [1.807, 2.05) is 0 Å². The van der Waals surface area contributed by atoms with Crippen LogP contribution in [0.4, 0.5) is 8.78 Å². The smallest absolute Gasteiger partial charge is 0.158 e. The summed E-state index contributed by atoms with van der Waals surface area (Å²) >= 11 is 0. The summed E-state index contributed by atoms with van der Waals surface area (Å²) in [7, 11) is 0. The number of benzene rings is 1. The molecule has 1 atom stereocenters. The normalized spacial score (nSPS) is 19.1. The van der Waals surface area contributed by atoms with E-state index in [0.717, 1.165) is 25.3 Å². The van der Waals surface area contributed by atoms with Crippen LogP contribution in [0.2, 0.25) is 0 Å². The van der Waals surface area contributed by atoms with Crippen molar-refractivity contribution in [2.45, 2.75) is 25.6 Å². The van der Waals surface area contributed by atoms with E-state index in [9.17, 15) is 8.78 Å². The predicted octanol–water partition coefficient (Wildman–Crippen LogP) is 2.86. The average molecular weight is 252 g/mol. The van der Waals surface area contributed by atoms with Gasteiger partial charge in [-0.2, -0.15) is 0 Å². The summed E-state index contributed by atoms with van der Waals surface area (Å²) < 4.78 is 36.6. The maximum atomic E-state index is 13.2. The van der Waals surface area contributed by atoms with Gasteiger partial charge in [-0.15, -0.1) is 0 Å². The van der Waals surface area contributed by atoms with Crippen molar-refractivity contribution in [3.8, 4) is 11.8 Å². The van der Waals surface area contributed by atoms with Crippen molar-refractivity contribution in [3.05, 3.63) is 35.4 Å². The first-order chi connectivity index (χ1) is 8.75. The molecule has 96 valence electrons. The van der Waals surface area contributed by atoms with E-state index >= 15 is 0 Å². The third-order valence-electron chi connectivity index (χ3n) is 2.63. The Morgan fingerprint density at radius 3 is 2.94 bits per heavy atom. The molecule has 1 unspecified atom stereocenters. The fraction of sp³-hybridized carbons (Fsp3) is 0.429. The molecule has 0 aromatic heterocycles. The summed E-state index contributed by atoms with van der Waals surface area (Å²) in [5, 5.41) is 0. The summed E-state index contributed by atoms with van der Waals surface area (Å²) in [5.41, 5.74) is 0.171. The van der Waals surface area contributed by atoms with Crippen LogP contribution in [0.5, 0.6) is 0 Å². The van der Waals surface area contributed by atoms with Crippen molar-refractivity contribution >= 4 is 0 Å². The maximum Gasteiger partial charge on any atom is 0.158 e. The van der Waals surface area contributed by atoms with Gasteiger partial charge in [0.15, 0.2) is 6.29 Å². The minimum absolute atomic E-state index is 0.171. The second-order valence-electron chi connectivity index (χ2n) is 4.03. The lowest BCUT2D eigenvalue weighted by Gasteiger charge is -2.21. The molecule has 0 bridgehead atoms. The van der Waals surface area contributed by atoms with Crippen LogP contribution in [-0.4, -0.2) is 19.5 Å². The highest BCUT2D eigenvalue weighted by Crippen LogP contribution is 2.13. The van der Waals surface area contributed by atoms with Gasteiger partial charge >= 0.3 is 0 Å². The molecule has 1 aliphatic heterocycles. The monoisotopic (exact) mass is 252 g/mol. The lowest BCUT2D eigenvalue weighted by molar-refractivity contribution is -0.154. The predicted molar refractivity (Wildman–Crippen MR) is 62.8 cm³/mol. The second-order valence-corrected chi connectivity index (χ2v) is 4.03. The largest absolute Gasteiger partial charge is 0.353 e. The molecule has 2 nitrogen and oxygen atoms in total. The molecule has 0 saturated carbocycles. The summed E-state index contributed by atoms with van der Waals surface area (Å²) in [4.78, 5) is 0. The van der Waals surface area contributed by atoms with Crippen LogP contribution >= 0.6 is 0 Å². The van der Waals surface area contributed by atoms with Crippen LogP contribution < -0.4 is 0 Å². The van der Waals surface area contributed by atoms with Gasteiger partial charge in [-0.05, 0) is 31.4 Å². The highest BCUT2D eigenvalue weighted by molar-refractivity contribution is 5.35. The number of hydrogen-bond acceptors (Lipinski definition) is 2. The minimum Gasteiger partial charge on any atom is -0.353 e. The summed E-state index contributed by atoms with van der Waals surface area (Å²) in [6.07, 6.45) is 2.81. The Morgan fingerprint density at radius 1 is 1.33 bits per heavy atom.